The molecule has 0 fully saturated rings. The fraction of sp³-hybridized carbons (Fsp3) is 0.364. The summed E-state index contributed by atoms with van der Waals surface area (Å²) in [5.41, 5.74) is 1.15. The molecule has 2 aromatic rings. The van der Waals surface area contributed by atoms with E-state index < -0.39 is 15.9 Å². The number of hydrogen-bond acceptors (Lipinski definition) is 4. The number of nitrogens with zero attached hydrogens (tertiary/aromatic N) is 1. The smallest absolute Gasteiger partial charge is 0.257 e. The van der Waals surface area contributed by atoms with Crippen molar-refractivity contribution >= 4 is 44.8 Å². The topological polar surface area (TPSA) is 95.6 Å². The SMILES string of the molecule is CC(C)CC(=O)Nc1ccc(NC(=O)c2cc(S(=O)(=O)N(C)C(C)C)ccc2Cl)cc1. The van der Waals surface area contributed by atoms with Crippen LogP contribution in [0.3, 0.4) is 0 Å². The zero-order valence-corrected chi connectivity index (χ0v) is 19.8. The van der Waals surface area contributed by atoms with Crippen molar-refractivity contribution in [2.75, 3.05) is 17.7 Å². The number of nitrogens with one attached hydrogen (secondary N) is 2. The predicted octanol–water partition coefficient (Wildman–Crippen LogP) is 4.61. The molecule has 0 atom stereocenters. The molecule has 0 unspecified atom stereocenters. The molecule has 0 heterocycles. The van der Waals surface area contributed by atoms with Gasteiger partial charge in [-0.1, -0.05) is 25.4 Å². The number of hydrogen-bond donors (Lipinski definition) is 2. The van der Waals surface area contributed by atoms with Gasteiger partial charge in [0, 0.05) is 30.9 Å². The maximum atomic E-state index is 12.7. The Labute approximate surface area is 188 Å². The second-order valence-electron chi connectivity index (χ2n) is 7.93. The Hall–Kier alpha value is -2.42. The molecule has 0 spiro atoms. The van der Waals surface area contributed by atoms with Crippen LogP contribution < -0.4 is 10.6 Å². The lowest BCUT2D eigenvalue weighted by Crippen LogP contribution is -2.33. The molecule has 9 heteroatoms. The lowest BCUT2D eigenvalue weighted by atomic mass is 10.1. The number of carbonyl (C=O) groups excluding carboxylic acids is 2. The van der Waals surface area contributed by atoms with Gasteiger partial charge in [-0.25, -0.2) is 8.42 Å². The van der Waals surface area contributed by atoms with Crippen molar-refractivity contribution in [3.05, 3.63) is 53.1 Å². The van der Waals surface area contributed by atoms with Crippen molar-refractivity contribution in [2.24, 2.45) is 5.92 Å². The number of benzene rings is 2. The van der Waals surface area contributed by atoms with Gasteiger partial charge in [0.2, 0.25) is 15.9 Å². The third kappa shape index (κ3) is 6.53. The summed E-state index contributed by atoms with van der Waals surface area (Å²) in [4.78, 5) is 24.6. The van der Waals surface area contributed by atoms with Crippen molar-refractivity contribution in [1.29, 1.82) is 0 Å². The predicted molar refractivity (Wildman–Crippen MR) is 124 cm³/mol. The number of rotatable bonds is 8. The summed E-state index contributed by atoms with van der Waals surface area (Å²) in [5, 5.41) is 5.63. The Bertz CT molecular complexity index is 1050. The molecular weight excluding hydrogens is 438 g/mol. The van der Waals surface area contributed by atoms with Crippen LogP contribution in [-0.2, 0) is 14.8 Å². The normalized spacial score (nSPS) is 11.8. The van der Waals surface area contributed by atoms with Crippen LogP contribution in [0.4, 0.5) is 11.4 Å². The van der Waals surface area contributed by atoms with Crippen LogP contribution in [0.2, 0.25) is 5.02 Å². The molecule has 31 heavy (non-hydrogen) atoms. The lowest BCUT2D eigenvalue weighted by molar-refractivity contribution is -0.116. The van der Waals surface area contributed by atoms with Crippen LogP contribution in [0.15, 0.2) is 47.4 Å². The number of amides is 2. The standard InChI is InChI=1S/C22H28ClN3O4S/c1-14(2)12-21(27)24-16-6-8-17(9-7-16)25-22(28)19-13-18(10-11-20(19)23)31(29,30)26(5)15(3)4/h6-11,13-15H,12H2,1-5H3,(H,24,27)(H,25,28). The summed E-state index contributed by atoms with van der Waals surface area (Å²) < 4.78 is 26.7. The maximum absolute atomic E-state index is 12.7. The molecule has 0 saturated heterocycles. The molecule has 168 valence electrons. The van der Waals surface area contributed by atoms with Crippen LogP contribution in [0, 0.1) is 5.92 Å². The van der Waals surface area contributed by atoms with Gasteiger partial charge in [0.1, 0.15) is 0 Å². The van der Waals surface area contributed by atoms with E-state index in [4.69, 9.17) is 11.6 Å². The largest absolute Gasteiger partial charge is 0.326 e. The third-order valence-corrected chi connectivity index (χ3v) is 6.97. The summed E-state index contributed by atoms with van der Waals surface area (Å²) >= 11 is 6.16. The van der Waals surface area contributed by atoms with E-state index in [1.807, 2.05) is 13.8 Å². The number of sulfonamides is 1. The second kappa shape index (κ2) is 10.3. The van der Waals surface area contributed by atoms with E-state index in [0.29, 0.717) is 17.8 Å². The monoisotopic (exact) mass is 465 g/mol. The first kappa shape index (κ1) is 24.8. The summed E-state index contributed by atoms with van der Waals surface area (Å²) in [6.45, 7) is 7.45. The fourth-order valence-electron chi connectivity index (χ4n) is 2.70. The Morgan fingerprint density at radius 1 is 0.968 bits per heavy atom. The van der Waals surface area contributed by atoms with E-state index in [9.17, 15) is 18.0 Å². The second-order valence-corrected chi connectivity index (χ2v) is 10.3. The molecule has 0 aromatic heterocycles. The highest BCUT2D eigenvalue weighted by Crippen LogP contribution is 2.25. The average Bonchev–Trinajstić information content (AvgIpc) is 2.68. The van der Waals surface area contributed by atoms with E-state index in [1.165, 1.54) is 29.6 Å². The van der Waals surface area contributed by atoms with Crippen LogP contribution >= 0.6 is 11.6 Å². The fourth-order valence-corrected chi connectivity index (χ4v) is 4.30. The summed E-state index contributed by atoms with van der Waals surface area (Å²) in [6, 6.07) is 10.4. The van der Waals surface area contributed by atoms with Crippen LogP contribution in [0.5, 0.6) is 0 Å². The molecule has 2 amide bonds. The summed E-state index contributed by atoms with van der Waals surface area (Å²) in [6.07, 6.45) is 0.419. The number of anilines is 2. The zero-order chi connectivity index (χ0) is 23.3. The van der Waals surface area contributed by atoms with Gasteiger partial charge >= 0.3 is 0 Å². The summed E-state index contributed by atoms with van der Waals surface area (Å²) in [5.74, 6) is -0.364. The molecule has 0 saturated carbocycles. The van der Waals surface area contributed by atoms with Gasteiger partial charge in [-0.15, -0.1) is 0 Å². The van der Waals surface area contributed by atoms with E-state index in [0.717, 1.165) is 0 Å². The van der Waals surface area contributed by atoms with Crippen LogP contribution in [-0.4, -0.2) is 37.6 Å². The molecule has 2 rings (SSSR count). The molecule has 7 nitrogen and oxygen atoms in total. The van der Waals surface area contributed by atoms with E-state index in [-0.39, 0.29) is 33.3 Å². The minimum atomic E-state index is -3.76. The lowest BCUT2D eigenvalue weighted by Gasteiger charge is -2.21. The Morgan fingerprint density at radius 2 is 1.52 bits per heavy atom. The molecule has 2 N–H and O–H groups in total. The highest BCUT2D eigenvalue weighted by atomic mass is 35.5. The highest BCUT2D eigenvalue weighted by Gasteiger charge is 2.25. The minimum absolute atomic E-state index is 0.0125. The van der Waals surface area contributed by atoms with Gasteiger partial charge < -0.3 is 10.6 Å². The van der Waals surface area contributed by atoms with Gasteiger partial charge in [0.25, 0.3) is 5.91 Å². The van der Waals surface area contributed by atoms with Crippen LogP contribution in [0.1, 0.15) is 44.5 Å². The minimum Gasteiger partial charge on any atom is -0.326 e. The van der Waals surface area contributed by atoms with Gasteiger partial charge in [-0.2, -0.15) is 4.31 Å². The van der Waals surface area contributed by atoms with Crippen molar-refractivity contribution < 1.29 is 18.0 Å². The number of halogens is 1. The zero-order valence-electron chi connectivity index (χ0n) is 18.3. The molecule has 0 bridgehead atoms. The van der Waals surface area contributed by atoms with Gasteiger partial charge in [-0.3, -0.25) is 9.59 Å². The van der Waals surface area contributed by atoms with Gasteiger partial charge in [0.15, 0.2) is 0 Å². The van der Waals surface area contributed by atoms with Crippen molar-refractivity contribution in [1.82, 2.24) is 4.31 Å². The molecule has 0 radical (unpaired) electrons. The third-order valence-electron chi connectivity index (χ3n) is 4.61. The molecule has 0 aliphatic heterocycles. The molecule has 0 aliphatic rings. The first-order chi connectivity index (χ1) is 14.4. The Balaban J connectivity index is 2.18. The van der Waals surface area contributed by atoms with E-state index in [1.54, 1.807) is 38.1 Å². The van der Waals surface area contributed by atoms with Crippen molar-refractivity contribution in [3.63, 3.8) is 0 Å². The van der Waals surface area contributed by atoms with Gasteiger partial charge in [-0.05, 0) is 62.2 Å². The quantitative estimate of drug-likeness (QED) is 0.595. The Kier molecular flexibility index (Phi) is 8.22. The van der Waals surface area contributed by atoms with Crippen LogP contribution in [0.25, 0.3) is 0 Å². The highest BCUT2D eigenvalue weighted by molar-refractivity contribution is 7.89. The number of carbonyl (C=O) groups is 2. The molecular formula is C22H28ClN3O4S. The first-order valence-corrected chi connectivity index (χ1v) is 11.7. The van der Waals surface area contributed by atoms with E-state index in [2.05, 4.69) is 10.6 Å². The van der Waals surface area contributed by atoms with Crippen molar-refractivity contribution in [3.8, 4) is 0 Å². The molecule has 0 aliphatic carbocycles. The molecule has 2 aromatic carbocycles. The Morgan fingerprint density at radius 3 is 2.03 bits per heavy atom. The first-order valence-electron chi connectivity index (χ1n) is 9.90. The average molecular weight is 466 g/mol. The maximum Gasteiger partial charge on any atom is 0.257 e. The van der Waals surface area contributed by atoms with E-state index >= 15 is 0 Å². The van der Waals surface area contributed by atoms with Crippen molar-refractivity contribution in [2.45, 2.75) is 45.1 Å². The summed E-state index contributed by atoms with van der Waals surface area (Å²) in [7, 11) is -2.27. The van der Waals surface area contributed by atoms with Gasteiger partial charge in [0.05, 0.1) is 15.5 Å².